The van der Waals surface area contributed by atoms with Gasteiger partial charge in [-0.1, -0.05) is 0 Å². The minimum absolute atomic E-state index is 0.132. The molecule has 0 saturated heterocycles. The normalized spacial score (nSPS) is 10.2. The van der Waals surface area contributed by atoms with Crippen molar-refractivity contribution in [2.24, 2.45) is 0 Å². The van der Waals surface area contributed by atoms with E-state index in [1.54, 1.807) is 38.1 Å². The van der Waals surface area contributed by atoms with Gasteiger partial charge in [-0.05, 0) is 43.3 Å². The van der Waals surface area contributed by atoms with Gasteiger partial charge in [0.05, 0.1) is 7.11 Å². The Balaban J connectivity index is 2.27. The fourth-order valence-electron chi connectivity index (χ4n) is 1.93. The molecule has 0 radical (unpaired) electrons. The third-order valence-electron chi connectivity index (χ3n) is 2.98. The van der Waals surface area contributed by atoms with Crippen LogP contribution in [0, 0.1) is 6.92 Å². The van der Waals surface area contributed by atoms with E-state index >= 15 is 0 Å². The predicted octanol–water partition coefficient (Wildman–Crippen LogP) is 2.26. The van der Waals surface area contributed by atoms with Crippen molar-refractivity contribution >= 4 is 17.4 Å². The third-order valence-corrected chi connectivity index (χ3v) is 2.98. The number of nitrogens with zero attached hydrogens (tertiary/aromatic N) is 2. The lowest BCUT2D eigenvalue weighted by molar-refractivity contribution is 0.0993. The number of anilines is 2. The van der Waals surface area contributed by atoms with E-state index in [4.69, 9.17) is 10.5 Å². The molecular weight excluding hydrogens is 254 g/mol. The number of hydrogen-bond donors (Lipinski definition) is 1. The van der Waals surface area contributed by atoms with Crippen molar-refractivity contribution in [3.8, 4) is 5.75 Å². The molecule has 0 aliphatic heterocycles. The number of carbonyl (C=O) groups excluding carboxylic acids is 1. The Kier molecular flexibility index (Phi) is 3.89. The molecule has 0 unspecified atom stereocenters. The van der Waals surface area contributed by atoms with Crippen molar-refractivity contribution in [1.82, 2.24) is 4.98 Å². The Labute approximate surface area is 118 Å². The van der Waals surface area contributed by atoms with Gasteiger partial charge < -0.3 is 15.4 Å². The number of amides is 1. The first-order valence-corrected chi connectivity index (χ1v) is 6.17. The number of aryl methyl sites for hydroxylation is 1. The number of nitrogens with two attached hydrogens (primary N) is 1. The summed E-state index contributed by atoms with van der Waals surface area (Å²) in [7, 11) is 3.32. The molecule has 5 heteroatoms. The number of ether oxygens (including phenoxy) is 1. The Morgan fingerprint density at radius 3 is 2.45 bits per heavy atom. The number of benzene rings is 1. The maximum Gasteiger partial charge on any atom is 0.258 e. The van der Waals surface area contributed by atoms with E-state index in [1.165, 1.54) is 0 Å². The fraction of sp³-hybridized carbons (Fsp3) is 0.200. The average Bonchev–Trinajstić information content (AvgIpc) is 2.45. The molecule has 0 fully saturated rings. The molecule has 0 aliphatic rings. The Morgan fingerprint density at radius 1 is 1.25 bits per heavy atom. The summed E-state index contributed by atoms with van der Waals surface area (Å²) in [5.41, 5.74) is 7.70. The highest BCUT2D eigenvalue weighted by atomic mass is 16.5. The van der Waals surface area contributed by atoms with E-state index in [9.17, 15) is 4.79 Å². The molecule has 0 bridgehead atoms. The summed E-state index contributed by atoms with van der Waals surface area (Å²) in [6.45, 7) is 1.81. The highest BCUT2D eigenvalue weighted by molar-refractivity contribution is 6.06. The highest BCUT2D eigenvalue weighted by Gasteiger charge is 2.14. The van der Waals surface area contributed by atoms with Crippen LogP contribution in [0.25, 0.3) is 0 Å². The molecule has 5 nitrogen and oxygen atoms in total. The average molecular weight is 271 g/mol. The summed E-state index contributed by atoms with van der Waals surface area (Å²) >= 11 is 0. The second-order valence-corrected chi connectivity index (χ2v) is 4.48. The third kappa shape index (κ3) is 2.88. The number of pyridine rings is 1. The van der Waals surface area contributed by atoms with Crippen molar-refractivity contribution < 1.29 is 9.53 Å². The van der Waals surface area contributed by atoms with Gasteiger partial charge in [0, 0.05) is 24.0 Å². The SMILES string of the molecule is COc1ccc(N(C)C(=O)c2cc(C)nc(N)c2)cc1. The van der Waals surface area contributed by atoms with Gasteiger partial charge in [-0.2, -0.15) is 0 Å². The number of rotatable bonds is 3. The summed E-state index contributed by atoms with van der Waals surface area (Å²) in [5, 5.41) is 0. The number of hydrogen-bond acceptors (Lipinski definition) is 4. The molecule has 0 spiro atoms. The monoisotopic (exact) mass is 271 g/mol. The molecule has 20 heavy (non-hydrogen) atoms. The maximum absolute atomic E-state index is 12.4. The molecule has 104 valence electrons. The Hall–Kier alpha value is -2.56. The molecule has 0 aliphatic carbocycles. The Bertz CT molecular complexity index is 603. The van der Waals surface area contributed by atoms with Crippen LogP contribution in [-0.4, -0.2) is 25.0 Å². The van der Waals surface area contributed by atoms with Crippen LogP contribution in [0.2, 0.25) is 0 Å². The number of carbonyl (C=O) groups is 1. The Morgan fingerprint density at radius 2 is 1.90 bits per heavy atom. The van der Waals surface area contributed by atoms with E-state index in [0.29, 0.717) is 11.4 Å². The minimum atomic E-state index is -0.132. The van der Waals surface area contributed by atoms with E-state index in [-0.39, 0.29) is 5.91 Å². The van der Waals surface area contributed by atoms with E-state index in [0.717, 1.165) is 17.1 Å². The van der Waals surface area contributed by atoms with Crippen molar-refractivity contribution in [3.05, 3.63) is 47.7 Å². The van der Waals surface area contributed by atoms with Gasteiger partial charge in [-0.25, -0.2) is 4.98 Å². The first-order chi connectivity index (χ1) is 9.51. The van der Waals surface area contributed by atoms with Crippen LogP contribution in [0.1, 0.15) is 16.1 Å². The number of methoxy groups -OCH3 is 1. The van der Waals surface area contributed by atoms with Crippen molar-refractivity contribution in [2.75, 3.05) is 24.8 Å². The quantitative estimate of drug-likeness (QED) is 0.929. The first kappa shape index (κ1) is 13.9. The van der Waals surface area contributed by atoms with Crippen molar-refractivity contribution in [1.29, 1.82) is 0 Å². The van der Waals surface area contributed by atoms with Crippen LogP contribution >= 0.6 is 0 Å². The van der Waals surface area contributed by atoms with E-state index < -0.39 is 0 Å². The number of nitrogen functional groups attached to an aromatic ring is 1. The molecule has 1 amide bonds. The highest BCUT2D eigenvalue weighted by Crippen LogP contribution is 2.20. The smallest absolute Gasteiger partial charge is 0.258 e. The molecule has 2 N–H and O–H groups in total. The van der Waals surface area contributed by atoms with Gasteiger partial charge in [0.2, 0.25) is 0 Å². The molecular formula is C15H17N3O2. The van der Waals surface area contributed by atoms with Crippen LogP contribution in [0.5, 0.6) is 5.75 Å². The van der Waals surface area contributed by atoms with Gasteiger partial charge in [-0.15, -0.1) is 0 Å². The zero-order valence-electron chi connectivity index (χ0n) is 11.8. The molecule has 1 heterocycles. The van der Waals surface area contributed by atoms with Gasteiger partial charge in [0.1, 0.15) is 11.6 Å². The maximum atomic E-state index is 12.4. The summed E-state index contributed by atoms with van der Waals surface area (Å²) in [6.07, 6.45) is 0. The van der Waals surface area contributed by atoms with Crippen LogP contribution in [0.15, 0.2) is 36.4 Å². The topological polar surface area (TPSA) is 68.5 Å². The summed E-state index contributed by atoms with van der Waals surface area (Å²) in [4.78, 5) is 18.0. The lowest BCUT2D eigenvalue weighted by Gasteiger charge is -2.18. The van der Waals surface area contributed by atoms with E-state index in [1.807, 2.05) is 24.3 Å². The molecule has 1 aromatic heterocycles. The zero-order chi connectivity index (χ0) is 14.7. The van der Waals surface area contributed by atoms with E-state index in [2.05, 4.69) is 4.98 Å². The van der Waals surface area contributed by atoms with Crippen molar-refractivity contribution in [3.63, 3.8) is 0 Å². The van der Waals surface area contributed by atoms with Crippen LogP contribution in [0.3, 0.4) is 0 Å². The van der Waals surface area contributed by atoms with Crippen LogP contribution < -0.4 is 15.4 Å². The largest absolute Gasteiger partial charge is 0.497 e. The minimum Gasteiger partial charge on any atom is -0.497 e. The molecule has 1 aromatic carbocycles. The van der Waals surface area contributed by atoms with Gasteiger partial charge >= 0.3 is 0 Å². The lowest BCUT2D eigenvalue weighted by Crippen LogP contribution is -2.26. The van der Waals surface area contributed by atoms with Crippen molar-refractivity contribution in [2.45, 2.75) is 6.92 Å². The summed E-state index contributed by atoms with van der Waals surface area (Å²) in [6, 6.07) is 10.6. The lowest BCUT2D eigenvalue weighted by atomic mass is 10.2. The van der Waals surface area contributed by atoms with Gasteiger partial charge in [0.25, 0.3) is 5.91 Å². The predicted molar refractivity (Wildman–Crippen MR) is 79.1 cm³/mol. The molecule has 2 rings (SSSR count). The van der Waals surface area contributed by atoms with Crippen LogP contribution in [-0.2, 0) is 0 Å². The second kappa shape index (κ2) is 5.61. The fourth-order valence-corrected chi connectivity index (χ4v) is 1.93. The second-order valence-electron chi connectivity index (χ2n) is 4.48. The zero-order valence-corrected chi connectivity index (χ0v) is 11.8. The standard InChI is InChI=1S/C15H17N3O2/c1-10-8-11(9-14(16)17-10)15(19)18(2)12-4-6-13(20-3)7-5-12/h4-9H,1-3H3,(H2,16,17). The molecule has 0 saturated carbocycles. The summed E-state index contributed by atoms with van der Waals surface area (Å²) in [5.74, 6) is 0.961. The van der Waals surface area contributed by atoms with Gasteiger partial charge in [-0.3, -0.25) is 4.79 Å². The molecule has 0 atom stereocenters. The van der Waals surface area contributed by atoms with Gasteiger partial charge in [0.15, 0.2) is 0 Å². The van der Waals surface area contributed by atoms with Crippen LogP contribution in [0.4, 0.5) is 11.5 Å². The number of aromatic nitrogens is 1. The molecule has 2 aromatic rings. The summed E-state index contributed by atoms with van der Waals surface area (Å²) < 4.78 is 5.10. The first-order valence-electron chi connectivity index (χ1n) is 6.17.